The molecule has 0 aliphatic heterocycles. The second-order valence-corrected chi connectivity index (χ2v) is 3.02. The standard InChI is InChI=1S/C7H3BrN2O3/c1-9-4-2-5(8)7(11)6(3-4)10(12)13/h2-3,11H. The van der Waals surface area contributed by atoms with Crippen LogP contribution in [0.3, 0.4) is 0 Å². The molecular formula is C7H3BrN2O3. The highest BCUT2D eigenvalue weighted by Gasteiger charge is 2.17. The average molecular weight is 243 g/mol. The molecule has 1 N–H and O–H groups in total. The number of nitrogens with zero attached hydrogens (tertiary/aromatic N) is 2. The lowest BCUT2D eigenvalue weighted by Gasteiger charge is -1.98. The van der Waals surface area contributed by atoms with E-state index in [1.807, 2.05) is 0 Å². The Balaban J connectivity index is 3.44. The normalized spacial score (nSPS) is 9.23. The zero-order valence-corrected chi connectivity index (χ0v) is 7.78. The molecule has 13 heavy (non-hydrogen) atoms. The Labute approximate surface area is 81.7 Å². The van der Waals surface area contributed by atoms with Crippen molar-refractivity contribution in [3.63, 3.8) is 0 Å². The molecule has 1 aromatic rings. The van der Waals surface area contributed by atoms with Gasteiger partial charge in [-0.1, -0.05) is 0 Å². The number of nitro benzene ring substituents is 1. The lowest BCUT2D eigenvalue weighted by Crippen LogP contribution is -1.88. The van der Waals surface area contributed by atoms with Crippen molar-refractivity contribution in [1.29, 1.82) is 0 Å². The SMILES string of the molecule is [C-]#[N+]c1cc(Br)c(O)c([N+](=O)[O-])c1. The van der Waals surface area contributed by atoms with Crippen LogP contribution in [0.1, 0.15) is 0 Å². The summed E-state index contributed by atoms with van der Waals surface area (Å²) in [7, 11) is 0. The van der Waals surface area contributed by atoms with E-state index in [1.165, 1.54) is 6.07 Å². The van der Waals surface area contributed by atoms with E-state index in [9.17, 15) is 15.2 Å². The fourth-order valence-electron chi connectivity index (χ4n) is 0.774. The molecule has 0 saturated carbocycles. The monoisotopic (exact) mass is 242 g/mol. The summed E-state index contributed by atoms with van der Waals surface area (Å²) in [5.41, 5.74) is -0.364. The third kappa shape index (κ3) is 1.76. The summed E-state index contributed by atoms with van der Waals surface area (Å²) in [5.74, 6) is -0.461. The lowest BCUT2D eigenvalue weighted by molar-refractivity contribution is -0.385. The van der Waals surface area contributed by atoms with E-state index in [2.05, 4.69) is 20.8 Å². The molecule has 0 saturated heterocycles. The molecule has 0 fully saturated rings. The molecule has 1 rings (SSSR count). The molecular weight excluding hydrogens is 240 g/mol. The van der Waals surface area contributed by atoms with Crippen LogP contribution in [0.15, 0.2) is 16.6 Å². The Hall–Kier alpha value is -1.61. The summed E-state index contributed by atoms with van der Waals surface area (Å²) in [6.07, 6.45) is 0. The average Bonchev–Trinajstić information content (AvgIpc) is 2.09. The van der Waals surface area contributed by atoms with Crippen LogP contribution in [-0.4, -0.2) is 10.0 Å². The molecule has 1 aromatic carbocycles. The number of benzene rings is 1. The van der Waals surface area contributed by atoms with Gasteiger partial charge in [0.05, 0.1) is 16.0 Å². The first-order chi connectivity index (χ1) is 6.06. The van der Waals surface area contributed by atoms with Gasteiger partial charge in [0, 0.05) is 6.07 Å². The van der Waals surface area contributed by atoms with Crippen LogP contribution < -0.4 is 0 Å². The van der Waals surface area contributed by atoms with Gasteiger partial charge in [0.2, 0.25) is 5.75 Å². The number of rotatable bonds is 1. The second kappa shape index (κ2) is 3.41. The van der Waals surface area contributed by atoms with Crippen LogP contribution in [0.5, 0.6) is 5.75 Å². The number of hydrogen-bond donors (Lipinski definition) is 1. The number of hydrogen-bond acceptors (Lipinski definition) is 3. The maximum atomic E-state index is 10.4. The summed E-state index contributed by atoms with van der Waals surface area (Å²) >= 11 is 2.91. The minimum atomic E-state index is -0.741. The van der Waals surface area contributed by atoms with Crippen molar-refractivity contribution in [3.8, 4) is 5.75 Å². The van der Waals surface area contributed by atoms with E-state index in [0.29, 0.717) is 0 Å². The fraction of sp³-hybridized carbons (Fsp3) is 0. The smallest absolute Gasteiger partial charge is 0.301 e. The molecule has 66 valence electrons. The van der Waals surface area contributed by atoms with Gasteiger partial charge in [0.1, 0.15) is 0 Å². The van der Waals surface area contributed by atoms with Gasteiger partial charge in [-0.2, -0.15) is 0 Å². The largest absolute Gasteiger partial charge is 0.501 e. The van der Waals surface area contributed by atoms with Gasteiger partial charge in [-0.25, -0.2) is 4.85 Å². The predicted molar refractivity (Wildman–Crippen MR) is 48.7 cm³/mol. The first-order valence-electron chi connectivity index (χ1n) is 3.10. The highest BCUT2D eigenvalue weighted by atomic mass is 79.9. The van der Waals surface area contributed by atoms with E-state index >= 15 is 0 Å². The molecule has 0 atom stereocenters. The maximum absolute atomic E-state index is 10.4. The van der Waals surface area contributed by atoms with E-state index < -0.39 is 16.4 Å². The Kier molecular flexibility index (Phi) is 2.49. The number of phenols is 1. The van der Waals surface area contributed by atoms with Crippen molar-refractivity contribution >= 4 is 27.3 Å². The Morgan fingerprint density at radius 2 is 2.23 bits per heavy atom. The van der Waals surface area contributed by atoms with Crippen LogP contribution in [0.4, 0.5) is 11.4 Å². The van der Waals surface area contributed by atoms with E-state index in [-0.39, 0.29) is 10.2 Å². The molecule has 0 aliphatic carbocycles. The Morgan fingerprint density at radius 3 is 2.69 bits per heavy atom. The second-order valence-electron chi connectivity index (χ2n) is 2.16. The summed E-state index contributed by atoms with van der Waals surface area (Å²) in [6.45, 7) is 6.65. The van der Waals surface area contributed by atoms with Crippen molar-refractivity contribution in [2.45, 2.75) is 0 Å². The topological polar surface area (TPSA) is 67.7 Å². The van der Waals surface area contributed by atoms with E-state index in [1.54, 1.807) is 0 Å². The summed E-state index contributed by atoms with van der Waals surface area (Å²) in [4.78, 5) is 12.6. The molecule has 0 bridgehead atoms. The zero-order chi connectivity index (χ0) is 10.0. The number of aromatic hydroxyl groups is 1. The molecule has 0 unspecified atom stereocenters. The molecule has 0 radical (unpaired) electrons. The summed E-state index contributed by atoms with van der Waals surface area (Å²) < 4.78 is 0.146. The summed E-state index contributed by atoms with van der Waals surface area (Å²) in [6, 6.07) is 2.34. The third-order valence-corrected chi connectivity index (χ3v) is 1.96. The van der Waals surface area contributed by atoms with Crippen LogP contribution >= 0.6 is 15.9 Å². The van der Waals surface area contributed by atoms with Crippen LogP contribution in [0.2, 0.25) is 0 Å². The molecule has 0 spiro atoms. The van der Waals surface area contributed by atoms with E-state index in [4.69, 9.17) is 6.57 Å². The first-order valence-corrected chi connectivity index (χ1v) is 3.90. The lowest BCUT2D eigenvalue weighted by atomic mass is 10.2. The van der Waals surface area contributed by atoms with Crippen molar-refractivity contribution in [2.75, 3.05) is 0 Å². The van der Waals surface area contributed by atoms with Crippen LogP contribution in [0.25, 0.3) is 4.85 Å². The molecule has 5 nitrogen and oxygen atoms in total. The van der Waals surface area contributed by atoms with Gasteiger partial charge >= 0.3 is 5.69 Å². The molecule has 0 heterocycles. The maximum Gasteiger partial charge on any atom is 0.301 e. The molecule has 0 aromatic heterocycles. The van der Waals surface area contributed by atoms with Crippen molar-refractivity contribution < 1.29 is 10.0 Å². The van der Waals surface area contributed by atoms with Gasteiger partial charge in [-0.05, 0) is 22.0 Å². The highest BCUT2D eigenvalue weighted by molar-refractivity contribution is 9.10. The van der Waals surface area contributed by atoms with Crippen LogP contribution in [-0.2, 0) is 0 Å². The minimum absolute atomic E-state index is 0.108. The van der Waals surface area contributed by atoms with Gasteiger partial charge < -0.3 is 5.11 Å². The Bertz CT molecular complexity index is 411. The fourth-order valence-corrected chi connectivity index (χ4v) is 1.21. The van der Waals surface area contributed by atoms with Crippen molar-refractivity contribution in [3.05, 3.63) is 38.1 Å². The number of nitro groups is 1. The van der Waals surface area contributed by atoms with Crippen molar-refractivity contribution in [2.24, 2.45) is 0 Å². The number of halogens is 1. The van der Waals surface area contributed by atoms with Crippen molar-refractivity contribution in [1.82, 2.24) is 0 Å². The van der Waals surface area contributed by atoms with Gasteiger partial charge in [0.15, 0.2) is 5.69 Å². The van der Waals surface area contributed by atoms with Gasteiger partial charge in [-0.3, -0.25) is 10.1 Å². The predicted octanol–water partition coefficient (Wildman–Crippen LogP) is 2.61. The zero-order valence-electron chi connectivity index (χ0n) is 6.19. The minimum Gasteiger partial charge on any atom is -0.501 e. The van der Waals surface area contributed by atoms with Crippen LogP contribution in [0, 0.1) is 16.7 Å². The first kappa shape index (κ1) is 9.48. The van der Waals surface area contributed by atoms with E-state index in [0.717, 1.165) is 6.07 Å². The molecule has 0 aliphatic rings. The third-order valence-electron chi connectivity index (χ3n) is 1.35. The van der Waals surface area contributed by atoms with Gasteiger partial charge in [0.25, 0.3) is 0 Å². The molecule has 6 heteroatoms. The quantitative estimate of drug-likeness (QED) is 0.468. The molecule has 0 amide bonds. The highest BCUT2D eigenvalue weighted by Crippen LogP contribution is 2.37. The summed E-state index contributed by atoms with van der Waals surface area (Å²) in [5, 5.41) is 19.6. The Morgan fingerprint density at radius 1 is 1.62 bits per heavy atom. The van der Waals surface area contributed by atoms with Gasteiger partial charge in [-0.15, -0.1) is 0 Å². The number of phenolic OH excluding ortho intramolecular Hbond substituents is 1.